The van der Waals surface area contributed by atoms with Crippen molar-refractivity contribution in [3.63, 3.8) is 0 Å². The van der Waals surface area contributed by atoms with Crippen LogP contribution in [-0.4, -0.2) is 72.3 Å². The maximum absolute atomic E-state index is 12.6. The number of carbonyl (C=O) groups is 3. The van der Waals surface area contributed by atoms with Crippen molar-refractivity contribution >= 4 is 69.7 Å². The number of fused-ring (bicyclic) bond motifs is 1. The zero-order valence-electron chi connectivity index (χ0n) is 14.8. The van der Waals surface area contributed by atoms with Crippen LogP contribution in [0.25, 0.3) is 0 Å². The second kappa shape index (κ2) is 9.19. The molecule has 3 rings (SSSR count). The van der Waals surface area contributed by atoms with Crippen molar-refractivity contribution in [1.29, 1.82) is 0 Å². The molecule has 12 nitrogen and oxygen atoms in total. The fourth-order valence-electron chi connectivity index (χ4n) is 2.70. The third-order valence-electron chi connectivity index (χ3n) is 3.94. The molecule has 2 aliphatic heterocycles. The molecule has 0 spiro atoms. The predicted octanol–water partition coefficient (Wildman–Crippen LogP) is 0.307. The molecule has 0 aromatic carbocycles. The van der Waals surface area contributed by atoms with Gasteiger partial charge in [0.15, 0.2) is 10.8 Å². The van der Waals surface area contributed by atoms with Gasteiger partial charge in [-0.2, -0.15) is 0 Å². The largest absolute Gasteiger partial charge is 0.477 e. The summed E-state index contributed by atoms with van der Waals surface area (Å²) < 4.78 is 0. The highest BCUT2D eigenvalue weighted by molar-refractivity contribution is 8.08. The Morgan fingerprint density at radius 3 is 2.80 bits per heavy atom. The van der Waals surface area contributed by atoms with Gasteiger partial charge in [0, 0.05) is 16.0 Å². The number of allylic oxidation sites excluding steroid dienone is 1. The molecule has 1 fully saturated rings. The molecule has 1 aromatic heterocycles. The molecule has 0 radical (unpaired) electrons. The number of hydrogen-bond donors (Lipinski definition) is 5. The predicted molar refractivity (Wildman–Crippen MR) is 112 cm³/mol. The van der Waals surface area contributed by atoms with E-state index in [1.807, 2.05) is 0 Å². The fraction of sp³-hybridized carbons (Fsp3) is 0.200. The number of nitrogens with one attached hydrogen (secondary N) is 1. The van der Waals surface area contributed by atoms with Gasteiger partial charge in [-0.1, -0.05) is 22.1 Å². The summed E-state index contributed by atoms with van der Waals surface area (Å²) in [7, 11) is 0. The van der Waals surface area contributed by atoms with Crippen LogP contribution in [0.1, 0.15) is 5.69 Å². The number of nitrogens with zero attached hydrogens (tertiary/aromatic N) is 4. The smallest absolute Gasteiger partial charge is 0.353 e. The minimum atomic E-state index is -1.28. The number of nitrogens with two attached hydrogens (primary N) is 1. The van der Waals surface area contributed by atoms with Gasteiger partial charge in [0.1, 0.15) is 22.8 Å². The molecule has 1 aromatic rings. The molecule has 0 bridgehead atoms. The summed E-state index contributed by atoms with van der Waals surface area (Å²) in [6.45, 7) is 0. The molecule has 30 heavy (non-hydrogen) atoms. The third kappa shape index (κ3) is 4.12. The second-order valence-electron chi connectivity index (χ2n) is 5.67. The first-order valence-electron chi connectivity index (χ1n) is 8.03. The van der Waals surface area contributed by atoms with Crippen molar-refractivity contribution in [2.45, 2.75) is 11.4 Å². The Hall–Kier alpha value is -3.04. The number of anilines is 1. The summed E-state index contributed by atoms with van der Waals surface area (Å²) in [6, 6.07) is -0.992. The lowest BCUT2D eigenvalue weighted by Crippen LogP contribution is -2.71. The minimum Gasteiger partial charge on any atom is -0.477 e. The van der Waals surface area contributed by atoms with Gasteiger partial charge < -0.3 is 26.6 Å². The molecular formula is C15H14N6O6S3. The van der Waals surface area contributed by atoms with Crippen molar-refractivity contribution < 1.29 is 29.9 Å². The number of carboxylic acids is 1. The van der Waals surface area contributed by atoms with Crippen LogP contribution in [0.4, 0.5) is 5.13 Å². The van der Waals surface area contributed by atoms with Crippen LogP contribution >= 0.6 is 34.9 Å². The van der Waals surface area contributed by atoms with E-state index in [1.54, 1.807) is 0 Å². The van der Waals surface area contributed by atoms with E-state index in [0.717, 1.165) is 34.2 Å². The molecule has 0 saturated carbocycles. The summed E-state index contributed by atoms with van der Waals surface area (Å²) in [5.41, 5.74) is 4.99. The van der Waals surface area contributed by atoms with Gasteiger partial charge in [0.25, 0.3) is 11.8 Å². The van der Waals surface area contributed by atoms with Crippen LogP contribution in [0.2, 0.25) is 0 Å². The first-order valence-corrected chi connectivity index (χ1v) is 10.8. The molecule has 1 saturated heterocycles. The molecular weight excluding hydrogens is 456 g/mol. The fourth-order valence-corrected chi connectivity index (χ4v) is 5.52. The molecule has 15 heteroatoms. The lowest BCUT2D eigenvalue weighted by molar-refractivity contribution is -0.150. The zero-order valence-corrected chi connectivity index (χ0v) is 17.3. The normalized spacial score (nSPS) is 21.8. The minimum absolute atomic E-state index is 0.0560. The number of amides is 2. The van der Waals surface area contributed by atoms with E-state index < -0.39 is 34.9 Å². The van der Waals surface area contributed by atoms with E-state index in [1.165, 1.54) is 28.6 Å². The van der Waals surface area contributed by atoms with Crippen LogP contribution < -0.4 is 11.1 Å². The van der Waals surface area contributed by atoms with Gasteiger partial charge in [0.2, 0.25) is 0 Å². The number of aromatic nitrogens is 1. The molecule has 1 unspecified atom stereocenters. The van der Waals surface area contributed by atoms with Gasteiger partial charge in [-0.3, -0.25) is 14.5 Å². The third-order valence-corrected chi connectivity index (χ3v) is 7.00. The van der Waals surface area contributed by atoms with E-state index in [0.29, 0.717) is 4.91 Å². The van der Waals surface area contributed by atoms with Gasteiger partial charge >= 0.3 is 5.97 Å². The van der Waals surface area contributed by atoms with Crippen LogP contribution in [0, 0.1) is 0 Å². The Bertz CT molecular complexity index is 1000. The lowest BCUT2D eigenvalue weighted by Gasteiger charge is -2.49. The van der Waals surface area contributed by atoms with Crippen LogP contribution in [-0.2, 0) is 14.4 Å². The number of hydrogen-bond acceptors (Lipinski definition) is 12. The van der Waals surface area contributed by atoms with Crippen LogP contribution in [0.5, 0.6) is 0 Å². The number of carbonyl (C=O) groups excluding carboxylic acids is 2. The first-order chi connectivity index (χ1) is 14.4. The Balaban J connectivity index is 1.75. The van der Waals surface area contributed by atoms with Gasteiger partial charge in [-0.05, 0) is 11.5 Å². The summed E-state index contributed by atoms with van der Waals surface area (Å²) in [6.07, 6.45) is 2.53. The van der Waals surface area contributed by atoms with E-state index >= 15 is 0 Å². The van der Waals surface area contributed by atoms with E-state index in [4.69, 9.17) is 16.1 Å². The van der Waals surface area contributed by atoms with Crippen molar-refractivity contribution in [2.75, 3.05) is 11.5 Å². The van der Waals surface area contributed by atoms with Crippen LogP contribution in [0.15, 0.2) is 37.8 Å². The Morgan fingerprint density at radius 2 is 2.20 bits per heavy atom. The van der Waals surface area contributed by atoms with Crippen LogP contribution in [0.3, 0.4) is 0 Å². The average molecular weight is 471 g/mol. The molecule has 6 N–H and O–H groups in total. The molecule has 0 aliphatic carbocycles. The number of thioether (sulfide) groups is 2. The maximum atomic E-state index is 12.6. The maximum Gasteiger partial charge on any atom is 0.353 e. The van der Waals surface area contributed by atoms with Crippen molar-refractivity contribution in [3.05, 3.63) is 33.2 Å². The highest BCUT2D eigenvalue weighted by Gasteiger charge is 2.54. The van der Waals surface area contributed by atoms with Gasteiger partial charge in [-0.25, -0.2) is 9.78 Å². The number of thiazole rings is 1. The Labute approximate surface area is 181 Å². The highest BCUT2D eigenvalue weighted by atomic mass is 32.2. The first kappa shape index (κ1) is 21.7. The number of β-lactam (4-membered cyclic amide) rings is 1. The summed E-state index contributed by atoms with van der Waals surface area (Å²) >= 11 is 3.41. The van der Waals surface area contributed by atoms with Gasteiger partial charge in [0.05, 0.1) is 6.21 Å². The standard InChI is InChI=1S/C15H14N6O6S3/c16-15-18-6(4-30-15)8(20-27)11(22)19-9-12(23)21-10(14(24)25)7(5-29-13(9)21)28-3-1-2-17-26/h1-4,9,13,26-27H,5H2,(H2,16,18)(H,19,22)(H,24,25)/b3-1+,17-2+,20-8-/t9?,13-/m1/s1. The molecule has 2 aliphatic rings. The van der Waals surface area contributed by atoms with Crippen molar-refractivity contribution in [2.24, 2.45) is 10.3 Å². The Kier molecular flexibility index (Phi) is 6.63. The van der Waals surface area contributed by atoms with E-state index in [9.17, 15) is 19.5 Å². The van der Waals surface area contributed by atoms with Crippen molar-refractivity contribution in [3.8, 4) is 0 Å². The second-order valence-corrected chi connectivity index (χ2v) is 8.66. The number of oxime groups is 2. The number of nitrogen functional groups attached to an aromatic ring is 1. The molecule has 2 atom stereocenters. The summed E-state index contributed by atoms with van der Waals surface area (Å²) in [4.78, 5) is 42.2. The Morgan fingerprint density at radius 1 is 1.43 bits per heavy atom. The molecule has 2 amide bonds. The topological polar surface area (TPSA) is 191 Å². The molecule has 158 valence electrons. The van der Waals surface area contributed by atoms with E-state index in [-0.39, 0.29) is 22.3 Å². The zero-order chi connectivity index (χ0) is 21.8. The number of aliphatic carboxylic acids is 1. The summed E-state index contributed by atoms with van der Waals surface area (Å²) in [5, 5.41) is 37.8. The van der Waals surface area contributed by atoms with Gasteiger partial charge in [-0.15, -0.1) is 23.1 Å². The van der Waals surface area contributed by atoms with Crippen molar-refractivity contribution in [1.82, 2.24) is 15.2 Å². The SMILES string of the molecule is Nc1nc(/C(=N/O)C(=O)NC2C(=O)N3C(C(=O)O)=C(S/C=C/C=N/O)CS[C@H]23)cs1. The monoisotopic (exact) mass is 470 g/mol. The average Bonchev–Trinajstić information content (AvgIpc) is 3.15. The highest BCUT2D eigenvalue weighted by Crippen LogP contribution is 2.43. The summed E-state index contributed by atoms with van der Waals surface area (Å²) in [5.74, 6) is -2.43. The van der Waals surface area contributed by atoms with E-state index in [2.05, 4.69) is 20.6 Å². The lowest BCUT2D eigenvalue weighted by atomic mass is 10.0. The number of carboxylic acid groups (broad SMARTS) is 1. The molecule has 3 heterocycles. The quantitative estimate of drug-likeness (QED) is 0.160. The number of rotatable bonds is 7.